The summed E-state index contributed by atoms with van der Waals surface area (Å²) in [6, 6.07) is 10.3. The Morgan fingerprint density at radius 1 is 0.642 bits per heavy atom. The van der Waals surface area contributed by atoms with Gasteiger partial charge in [0.25, 0.3) is 0 Å². The van der Waals surface area contributed by atoms with Crippen LogP contribution < -0.4 is 9.80 Å². The van der Waals surface area contributed by atoms with E-state index in [2.05, 4.69) is 134 Å². The van der Waals surface area contributed by atoms with Crippen LogP contribution in [0.25, 0.3) is 0 Å². The minimum absolute atomic E-state index is 0.171. The van der Waals surface area contributed by atoms with E-state index in [1.807, 2.05) is 17.0 Å². The monoisotopic (exact) mass is 992 g/mol. The Morgan fingerprint density at radius 3 is 1.34 bits per heavy atom. The van der Waals surface area contributed by atoms with Crippen LogP contribution in [0.15, 0.2) is 40.9 Å². The van der Waals surface area contributed by atoms with Gasteiger partial charge in [-0.2, -0.15) is 0 Å². The van der Waals surface area contributed by atoms with Crippen molar-refractivity contribution in [2.45, 2.75) is 116 Å². The number of anilines is 2. The molecule has 2 fully saturated rings. The summed E-state index contributed by atoms with van der Waals surface area (Å²) >= 11 is 9.21. The molecule has 2 aliphatic heterocycles. The average molecular weight is 995 g/mol. The number of halogens is 4. The molecule has 0 radical (unpaired) electrons. The normalized spacial score (nSPS) is 14.9. The fourth-order valence-electron chi connectivity index (χ4n) is 8.28. The molecule has 4 rings (SSSR count). The first-order chi connectivity index (χ1) is 24.9. The zero-order chi connectivity index (χ0) is 40.5. The van der Waals surface area contributed by atoms with E-state index in [1.54, 1.807) is 38.5 Å². The van der Waals surface area contributed by atoms with Gasteiger partial charge in [-0.25, -0.2) is 8.78 Å². The Bertz CT molecular complexity index is 1440. The second-order valence-corrected chi connectivity index (χ2v) is 27.8. The average Bonchev–Trinajstić information content (AvgIpc) is 3.12. The maximum atomic E-state index is 14.3. The van der Waals surface area contributed by atoms with Gasteiger partial charge in [0.1, 0.15) is 27.8 Å². The van der Waals surface area contributed by atoms with Gasteiger partial charge in [0, 0.05) is 36.2 Å². The van der Waals surface area contributed by atoms with Crippen molar-refractivity contribution in [3.05, 3.63) is 58.1 Å². The van der Waals surface area contributed by atoms with Crippen LogP contribution in [-0.4, -0.2) is 68.8 Å². The molecule has 302 valence electrons. The molecule has 0 aliphatic carbocycles. The molecule has 2 aromatic rings. The number of ether oxygens (including phenoxy) is 2. The molecule has 0 amide bonds. The van der Waals surface area contributed by atoms with Gasteiger partial charge >= 0.3 is 33.1 Å². The van der Waals surface area contributed by atoms with Crippen molar-refractivity contribution >= 4 is 63.8 Å². The van der Waals surface area contributed by atoms with Gasteiger partial charge in [0.05, 0.1) is 37.8 Å². The summed E-state index contributed by atoms with van der Waals surface area (Å²) in [5.74, 6) is 3.08. The molecular formula is C42H65BrCuF2IN2O2Si2. The second kappa shape index (κ2) is 24.7. The van der Waals surface area contributed by atoms with Gasteiger partial charge in [0.15, 0.2) is 0 Å². The number of morpholine rings is 2. The fourth-order valence-corrected chi connectivity index (χ4v) is 18.9. The SMILES string of the molecule is C#C[Si](C(C)C)(C(C)C)C(C)C.CC(C)[Si](C#Cc1ccc(F)c(N2CCOCC2)c1)(C(C)C)C(C)C.Fc1ccc(Br)cc1N1CCOCC1.[Cu][I]. The van der Waals surface area contributed by atoms with Crippen LogP contribution in [0.1, 0.15) is 88.6 Å². The van der Waals surface area contributed by atoms with Crippen molar-refractivity contribution in [1.29, 1.82) is 0 Å². The molecule has 0 bridgehead atoms. The number of hydrogen-bond acceptors (Lipinski definition) is 4. The Hall–Kier alpha value is -0.897. The Morgan fingerprint density at radius 2 is 1.00 bits per heavy atom. The number of nitrogens with zero attached hydrogens (tertiary/aromatic N) is 2. The van der Waals surface area contributed by atoms with Gasteiger partial charge in [-0.15, -0.1) is 17.5 Å². The molecule has 0 saturated carbocycles. The van der Waals surface area contributed by atoms with Gasteiger partial charge in [-0.1, -0.05) is 105 Å². The number of benzene rings is 2. The summed E-state index contributed by atoms with van der Waals surface area (Å²) in [6.07, 6.45) is 5.72. The summed E-state index contributed by atoms with van der Waals surface area (Å²) < 4.78 is 39.2. The van der Waals surface area contributed by atoms with E-state index >= 15 is 0 Å². The third-order valence-corrected chi connectivity index (χ3v) is 24.0. The van der Waals surface area contributed by atoms with Crippen molar-refractivity contribution in [1.82, 2.24) is 0 Å². The molecule has 11 heteroatoms. The van der Waals surface area contributed by atoms with Crippen LogP contribution in [-0.2, 0) is 22.2 Å². The first kappa shape index (κ1) is 50.1. The number of terminal acetylenes is 1. The molecule has 53 heavy (non-hydrogen) atoms. The quantitative estimate of drug-likeness (QED) is 0.149. The zero-order valence-corrected chi connectivity index (χ0v) is 40.9. The van der Waals surface area contributed by atoms with E-state index in [4.69, 9.17) is 15.9 Å². The standard InChI is InChI=1S/C21H32FNOSi.C11H22Si.C10H11BrFNO.Cu.HI/c1-16(2)25(17(3)4,18(5)6)14-9-19-7-8-20(22)21(15-19)23-10-12-24-13-11-23;1-8-12(9(2)3,10(4)5)11(6)7;11-8-1-2-9(12)10(7-8)13-3-5-14-6-4-13;;/h7-8,15-18H,10-13H2,1-6H3;1,9-11H,2-7H3;1-2,7H,3-6H2;;1H/q;;;+1;/p-1. The minimum atomic E-state index is -1.77. The van der Waals surface area contributed by atoms with Crippen LogP contribution in [0.3, 0.4) is 0 Å². The third-order valence-electron chi connectivity index (χ3n) is 11.0. The van der Waals surface area contributed by atoms with Crippen molar-refractivity contribution < 1.29 is 31.0 Å². The zero-order valence-electron chi connectivity index (χ0n) is 34.2. The van der Waals surface area contributed by atoms with E-state index in [-0.39, 0.29) is 11.6 Å². The van der Waals surface area contributed by atoms with Crippen molar-refractivity contribution in [2.24, 2.45) is 0 Å². The predicted molar refractivity (Wildman–Crippen MR) is 238 cm³/mol. The molecule has 0 spiro atoms. The van der Waals surface area contributed by atoms with E-state index < -0.39 is 16.1 Å². The fraction of sp³-hybridized carbons (Fsp3) is 0.619. The molecule has 2 heterocycles. The summed E-state index contributed by atoms with van der Waals surface area (Å²) in [5.41, 5.74) is 13.0. The molecule has 2 aromatic carbocycles. The summed E-state index contributed by atoms with van der Waals surface area (Å²) in [4.78, 5) is 4.06. The molecule has 2 aliphatic rings. The van der Waals surface area contributed by atoms with Crippen LogP contribution in [0.4, 0.5) is 20.2 Å². The molecule has 0 atom stereocenters. The first-order valence-corrected chi connectivity index (χ1v) is 27.3. The summed E-state index contributed by atoms with van der Waals surface area (Å²) in [6.45, 7) is 33.2. The number of hydrogen-bond donors (Lipinski definition) is 0. The first-order valence-electron chi connectivity index (χ1n) is 19.0. The molecule has 0 aromatic heterocycles. The third kappa shape index (κ3) is 13.9. The van der Waals surface area contributed by atoms with Crippen molar-refractivity contribution in [3.8, 4) is 23.4 Å². The second-order valence-electron chi connectivity index (χ2n) is 15.6. The Balaban J connectivity index is 0.000000424. The van der Waals surface area contributed by atoms with Gasteiger partial charge in [-0.3, -0.25) is 0 Å². The van der Waals surface area contributed by atoms with E-state index in [1.165, 1.54) is 6.07 Å². The van der Waals surface area contributed by atoms with Crippen LogP contribution >= 0.6 is 36.3 Å². The van der Waals surface area contributed by atoms with Crippen LogP contribution in [0, 0.1) is 35.1 Å². The summed E-state index contributed by atoms with van der Waals surface area (Å²) in [7, 11) is -3.24. The predicted octanol–water partition coefficient (Wildman–Crippen LogP) is 12.4. The molecule has 2 saturated heterocycles. The van der Waals surface area contributed by atoms with Crippen molar-refractivity contribution in [3.63, 3.8) is 0 Å². The van der Waals surface area contributed by atoms with Crippen LogP contribution in [0.5, 0.6) is 0 Å². The molecule has 4 nitrogen and oxygen atoms in total. The van der Waals surface area contributed by atoms with Crippen LogP contribution in [0.2, 0.25) is 33.2 Å². The summed E-state index contributed by atoms with van der Waals surface area (Å²) in [5, 5.41) is 0. The van der Waals surface area contributed by atoms with Gasteiger partial charge in [0.2, 0.25) is 0 Å². The van der Waals surface area contributed by atoms with Gasteiger partial charge in [-0.05, 0) is 69.6 Å². The van der Waals surface area contributed by atoms with Crippen molar-refractivity contribution in [2.75, 3.05) is 62.4 Å². The Kier molecular flexibility index (Phi) is 23.3. The Labute approximate surface area is 352 Å². The molecule has 0 unspecified atom stereocenters. The molecule has 0 N–H and O–H groups in total. The van der Waals surface area contributed by atoms with E-state index in [9.17, 15) is 8.78 Å². The molecular weight excluding hydrogens is 929 g/mol. The van der Waals surface area contributed by atoms with E-state index in [0.717, 1.165) is 36.2 Å². The topological polar surface area (TPSA) is 24.9 Å². The number of rotatable bonds is 8. The van der Waals surface area contributed by atoms with E-state index in [0.29, 0.717) is 71.0 Å². The van der Waals surface area contributed by atoms with Gasteiger partial charge < -0.3 is 19.3 Å². The maximum absolute atomic E-state index is 14.3.